The van der Waals surface area contributed by atoms with Crippen LogP contribution in [0, 0.1) is 0 Å². The van der Waals surface area contributed by atoms with E-state index in [1.807, 2.05) is 19.1 Å². The molecule has 2 aliphatic heterocycles. The molecule has 2 aromatic carbocycles. The minimum Gasteiger partial charge on any atom is -0.377 e. The Kier molecular flexibility index (Phi) is 8.17. The maximum atomic E-state index is 13.1. The number of rotatable bonds is 7. The maximum Gasteiger partial charge on any atom is 0.253 e. The Labute approximate surface area is 209 Å². The molecule has 2 fully saturated rings. The number of carbonyl (C=O) groups excluding carboxylic acids is 3. The molecule has 4 rings (SSSR count). The number of ether oxygens (including phenoxy) is 2. The molecule has 2 aliphatic rings. The van der Waals surface area contributed by atoms with Crippen LogP contribution in [0.15, 0.2) is 54.6 Å². The first-order valence-corrected chi connectivity index (χ1v) is 12.0. The van der Waals surface area contributed by atoms with E-state index >= 15 is 0 Å². The van der Waals surface area contributed by atoms with Crippen LogP contribution < -0.4 is 10.2 Å². The molecule has 3 amide bonds. The number of hydrogen-bond donors (Lipinski definition) is 1. The molecule has 8 nitrogen and oxygen atoms in total. The monoisotopic (exact) mass is 497 g/mol. The van der Waals surface area contributed by atoms with Gasteiger partial charge in [0.2, 0.25) is 11.8 Å². The van der Waals surface area contributed by atoms with E-state index in [4.69, 9.17) is 21.1 Å². The van der Waals surface area contributed by atoms with Gasteiger partial charge in [-0.05, 0) is 55.0 Å². The van der Waals surface area contributed by atoms with Crippen LogP contribution >= 0.6 is 11.6 Å². The summed E-state index contributed by atoms with van der Waals surface area (Å²) in [6.07, 6.45) is 3.37. The molecular formula is C26H28ClN3O5. The van der Waals surface area contributed by atoms with Crippen LogP contribution in [0.4, 0.5) is 11.4 Å². The zero-order chi connectivity index (χ0) is 24.8. The van der Waals surface area contributed by atoms with Gasteiger partial charge in [0.15, 0.2) is 0 Å². The highest BCUT2D eigenvalue weighted by molar-refractivity contribution is 6.30. The van der Waals surface area contributed by atoms with Crippen molar-refractivity contribution >= 4 is 46.8 Å². The summed E-state index contributed by atoms with van der Waals surface area (Å²) < 4.78 is 10.9. The van der Waals surface area contributed by atoms with Gasteiger partial charge in [-0.2, -0.15) is 0 Å². The molecule has 0 aromatic heterocycles. The summed E-state index contributed by atoms with van der Waals surface area (Å²) in [5, 5.41) is 3.52. The molecule has 2 aromatic rings. The second-order valence-corrected chi connectivity index (χ2v) is 8.77. The van der Waals surface area contributed by atoms with Crippen LogP contribution in [0.3, 0.4) is 0 Å². The minimum atomic E-state index is -0.658. The topological polar surface area (TPSA) is 88.2 Å². The summed E-state index contributed by atoms with van der Waals surface area (Å²) in [5.41, 5.74) is 2.17. The molecular weight excluding hydrogens is 470 g/mol. The van der Waals surface area contributed by atoms with Gasteiger partial charge in [-0.1, -0.05) is 23.7 Å². The number of benzene rings is 2. The van der Waals surface area contributed by atoms with Gasteiger partial charge in [0.1, 0.15) is 12.6 Å². The minimum absolute atomic E-state index is 0.0670. The standard InChI is InChI=1S/C26H28ClN3O5/c1-2-35-22-15-23(30(16-22)24(31)12-5-18-3-6-19(27)7-4-18)26(33)28-20-8-10-21(11-9-20)29-13-14-34-17-25(29)32/h3-12,22-23H,2,13-17H2,1H3,(H,28,33)/t22-,23-/m1/s1. The second-order valence-electron chi connectivity index (χ2n) is 8.34. The van der Waals surface area contributed by atoms with Crippen molar-refractivity contribution in [3.63, 3.8) is 0 Å². The summed E-state index contributed by atoms with van der Waals surface area (Å²) >= 11 is 5.92. The first kappa shape index (κ1) is 24.9. The zero-order valence-electron chi connectivity index (χ0n) is 19.5. The van der Waals surface area contributed by atoms with Gasteiger partial charge in [-0.25, -0.2) is 0 Å². The lowest BCUT2D eigenvalue weighted by atomic mass is 10.1. The van der Waals surface area contributed by atoms with Crippen LogP contribution in [-0.2, 0) is 23.9 Å². The van der Waals surface area contributed by atoms with Crippen molar-refractivity contribution in [2.75, 3.05) is 43.1 Å². The van der Waals surface area contributed by atoms with E-state index in [1.165, 1.54) is 6.08 Å². The number of carbonyl (C=O) groups is 3. The van der Waals surface area contributed by atoms with Gasteiger partial charge >= 0.3 is 0 Å². The predicted octanol–water partition coefficient (Wildman–Crippen LogP) is 3.36. The molecule has 0 radical (unpaired) electrons. The first-order valence-electron chi connectivity index (χ1n) is 11.6. The second kappa shape index (κ2) is 11.5. The van der Waals surface area contributed by atoms with E-state index in [2.05, 4.69) is 5.32 Å². The lowest BCUT2D eigenvalue weighted by molar-refractivity contribution is -0.132. The van der Waals surface area contributed by atoms with Gasteiger partial charge < -0.3 is 24.6 Å². The molecule has 35 heavy (non-hydrogen) atoms. The number of halogens is 1. The molecule has 0 saturated carbocycles. The van der Waals surface area contributed by atoms with Crippen LogP contribution in [0.1, 0.15) is 18.9 Å². The molecule has 2 atom stereocenters. The predicted molar refractivity (Wildman–Crippen MR) is 134 cm³/mol. The molecule has 184 valence electrons. The highest BCUT2D eigenvalue weighted by Gasteiger charge is 2.39. The van der Waals surface area contributed by atoms with Gasteiger partial charge in [0, 0.05) is 48.6 Å². The number of nitrogens with zero attached hydrogens (tertiary/aromatic N) is 2. The number of morpholine rings is 1. The van der Waals surface area contributed by atoms with E-state index in [1.54, 1.807) is 52.3 Å². The quantitative estimate of drug-likeness (QED) is 0.593. The van der Waals surface area contributed by atoms with Crippen molar-refractivity contribution in [3.8, 4) is 0 Å². The lowest BCUT2D eigenvalue weighted by Gasteiger charge is -2.27. The maximum absolute atomic E-state index is 13.1. The Morgan fingerprint density at radius 1 is 1.17 bits per heavy atom. The van der Waals surface area contributed by atoms with Gasteiger partial charge in [-0.3, -0.25) is 14.4 Å². The average molecular weight is 498 g/mol. The summed E-state index contributed by atoms with van der Waals surface area (Å²) in [6.45, 7) is 3.78. The van der Waals surface area contributed by atoms with Gasteiger partial charge in [-0.15, -0.1) is 0 Å². The Balaban J connectivity index is 1.43. The fourth-order valence-corrected chi connectivity index (χ4v) is 4.35. The largest absolute Gasteiger partial charge is 0.377 e. The molecule has 0 aliphatic carbocycles. The Bertz CT molecular complexity index is 1090. The van der Waals surface area contributed by atoms with Crippen molar-refractivity contribution in [1.29, 1.82) is 0 Å². The van der Waals surface area contributed by atoms with E-state index in [-0.39, 0.29) is 30.4 Å². The Morgan fingerprint density at radius 2 is 1.91 bits per heavy atom. The van der Waals surface area contributed by atoms with E-state index in [0.717, 1.165) is 11.3 Å². The first-order chi connectivity index (χ1) is 16.9. The van der Waals surface area contributed by atoms with Crippen molar-refractivity contribution in [2.24, 2.45) is 0 Å². The summed E-state index contributed by atoms with van der Waals surface area (Å²) in [5.74, 6) is -0.638. The molecule has 2 saturated heterocycles. The fourth-order valence-electron chi connectivity index (χ4n) is 4.22. The summed E-state index contributed by atoms with van der Waals surface area (Å²) in [7, 11) is 0. The number of hydrogen-bond acceptors (Lipinski definition) is 5. The van der Waals surface area contributed by atoms with Crippen molar-refractivity contribution in [2.45, 2.75) is 25.5 Å². The third kappa shape index (κ3) is 6.28. The number of anilines is 2. The Hall–Kier alpha value is -3.20. The van der Waals surface area contributed by atoms with E-state index in [9.17, 15) is 14.4 Å². The third-order valence-electron chi connectivity index (χ3n) is 5.97. The SMILES string of the molecule is CCO[C@@H]1C[C@H](C(=O)Nc2ccc(N3CCOCC3=O)cc2)N(C(=O)C=Cc2ccc(Cl)cc2)C1. The molecule has 0 spiro atoms. The van der Waals surface area contributed by atoms with Crippen LogP contribution in [-0.4, -0.2) is 67.7 Å². The third-order valence-corrected chi connectivity index (χ3v) is 6.22. The molecule has 1 N–H and O–H groups in total. The van der Waals surface area contributed by atoms with Crippen LogP contribution in [0.5, 0.6) is 0 Å². The van der Waals surface area contributed by atoms with Crippen molar-refractivity contribution < 1.29 is 23.9 Å². The molecule has 0 unspecified atom stereocenters. The lowest BCUT2D eigenvalue weighted by Crippen LogP contribution is -2.42. The number of nitrogens with one attached hydrogen (secondary N) is 1. The van der Waals surface area contributed by atoms with E-state index in [0.29, 0.717) is 43.4 Å². The smallest absolute Gasteiger partial charge is 0.253 e. The zero-order valence-corrected chi connectivity index (χ0v) is 20.2. The van der Waals surface area contributed by atoms with Crippen molar-refractivity contribution in [3.05, 3.63) is 65.2 Å². The van der Waals surface area contributed by atoms with E-state index < -0.39 is 6.04 Å². The highest BCUT2D eigenvalue weighted by atomic mass is 35.5. The van der Waals surface area contributed by atoms with Gasteiger partial charge in [0.05, 0.1) is 12.7 Å². The number of amides is 3. The summed E-state index contributed by atoms with van der Waals surface area (Å²) in [4.78, 5) is 41.4. The number of likely N-dealkylation sites (tertiary alicyclic amines) is 1. The van der Waals surface area contributed by atoms with Crippen LogP contribution in [0.25, 0.3) is 6.08 Å². The fraction of sp³-hybridized carbons (Fsp3) is 0.346. The molecule has 2 heterocycles. The normalized spacial score (nSPS) is 20.5. The molecule has 0 bridgehead atoms. The van der Waals surface area contributed by atoms with Crippen LogP contribution in [0.2, 0.25) is 5.02 Å². The molecule has 9 heteroatoms. The average Bonchev–Trinajstić information content (AvgIpc) is 3.29. The summed E-state index contributed by atoms with van der Waals surface area (Å²) in [6, 6.07) is 13.5. The van der Waals surface area contributed by atoms with Gasteiger partial charge in [0.25, 0.3) is 5.91 Å². The Morgan fingerprint density at radius 3 is 2.60 bits per heavy atom. The highest BCUT2D eigenvalue weighted by Crippen LogP contribution is 2.24. The van der Waals surface area contributed by atoms with Crippen molar-refractivity contribution in [1.82, 2.24) is 4.90 Å².